The normalized spacial score (nSPS) is 20.9. The maximum absolute atomic E-state index is 6.28. The Kier molecular flexibility index (Phi) is 4.18. The number of likely N-dealkylation sites (N-methyl/N-ethyl adjacent to an activating group) is 1. The second-order valence-corrected chi connectivity index (χ2v) is 6.01. The number of benzene rings is 2. The molecule has 110 valence electrons. The van der Waals surface area contributed by atoms with Gasteiger partial charge in [0.25, 0.3) is 0 Å². The molecule has 2 unspecified atom stereocenters. The van der Waals surface area contributed by atoms with Gasteiger partial charge in [0.15, 0.2) is 0 Å². The summed E-state index contributed by atoms with van der Waals surface area (Å²) in [6.45, 7) is 2.05. The van der Waals surface area contributed by atoms with Gasteiger partial charge in [-0.05, 0) is 55.6 Å². The molecule has 2 aromatic rings. The van der Waals surface area contributed by atoms with Crippen LogP contribution in [0.3, 0.4) is 0 Å². The molecule has 0 heterocycles. The molecule has 0 saturated carbocycles. The fraction of sp³-hybridized carbons (Fsp3) is 0.333. The first-order chi connectivity index (χ1) is 10.2. The van der Waals surface area contributed by atoms with Gasteiger partial charge in [0.2, 0.25) is 0 Å². The molecule has 1 aliphatic carbocycles. The molecule has 2 atom stereocenters. The van der Waals surface area contributed by atoms with Crippen molar-refractivity contribution >= 4 is 11.6 Å². The molecular weight excluding hydrogens is 282 g/mol. The molecule has 2 nitrogen and oxygen atoms in total. The highest BCUT2D eigenvalue weighted by Gasteiger charge is 2.30. The number of fused-ring (bicyclic) bond motifs is 1. The van der Waals surface area contributed by atoms with Crippen LogP contribution in [0.1, 0.15) is 29.2 Å². The van der Waals surface area contributed by atoms with E-state index in [9.17, 15) is 0 Å². The second kappa shape index (κ2) is 6.08. The molecule has 0 radical (unpaired) electrons. The van der Waals surface area contributed by atoms with Gasteiger partial charge in [0, 0.05) is 5.02 Å². The largest absolute Gasteiger partial charge is 0.488 e. The van der Waals surface area contributed by atoms with Gasteiger partial charge in [-0.25, -0.2) is 0 Å². The molecule has 0 aromatic heterocycles. The van der Waals surface area contributed by atoms with Crippen LogP contribution in [-0.2, 0) is 6.42 Å². The van der Waals surface area contributed by atoms with E-state index in [2.05, 4.69) is 36.5 Å². The van der Waals surface area contributed by atoms with Crippen LogP contribution in [0.15, 0.2) is 42.5 Å². The topological polar surface area (TPSA) is 21.3 Å². The fourth-order valence-corrected chi connectivity index (χ4v) is 3.22. The summed E-state index contributed by atoms with van der Waals surface area (Å²) in [4.78, 5) is 0. The third kappa shape index (κ3) is 2.92. The maximum Gasteiger partial charge on any atom is 0.124 e. The Bertz CT molecular complexity index is 641. The van der Waals surface area contributed by atoms with Crippen LogP contribution in [0.2, 0.25) is 5.02 Å². The van der Waals surface area contributed by atoms with Gasteiger partial charge in [-0.1, -0.05) is 41.9 Å². The Morgan fingerprint density at radius 2 is 2.00 bits per heavy atom. The lowest BCUT2D eigenvalue weighted by atomic mass is 9.85. The van der Waals surface area contributed by atoms with Crippen molar-refractivity contribution in [2.45, 2.75) is 31.9 Å². The van der Waals surface area contributed by atoms with Gasteiger partial charge >= 0.3 is 0 Å². The Balaban J connectivity index is 1.88. The first kappa shape index (κ1) is 14.4. The number of hydrogen-bond donors (Lipinski definition) is 1. The molecule has 3 rings (SSSR count). The van der Waals surface area contributed by atoms with E-state index in [1.807, 2.05) is 25.2 Å². The van der Waals surface area contributed by atoms with E-state index in [1.165, 1.54) is 11.1 Å². The Morgan fingerprint density at radius 3 is 2.81 bits per heavy atom. The summed E-state index contributed by atoms with van der Waals surface area (Å²) in [5.74, 6) is 0.882. The van der Waals surface area contributed by atoms with Gasteiger partial charge in [0.1, 0.15) is 11.9 Å². The highest BCUT2D eigenvalue weighted by molar-refractivity contribution is 6.30. The minimum atomic E-state index is 0.127. The smallest absolute Gasteiger partial charge is 0.124 e. The first-order valence-electron chi connectivity index (χ1n) is 7.37. The number of halogens is 1. The summed E-state index contributed by atoms with van der Waals surface area (Å²) in [5.41, 5.74) is 3.88. The zero-order valence-corrected chi connectivity index (χ0v) is 13.2. The molecule has 21 heavy (non-hydrogen) atoms. The van der Waals surface area contributed by atoms with Crippen LogP contribution in [-0.4, -0.2) is 13.2 Å². The van der Waals surface area contributed by atoms with Crippen molar-refractivity contribution in [1.29, 1.82) is 0 Å². The third-order valence-corrected chi connectivity index (χ3v) is 4.43. The number of aryl methyl sites for hydroxylation is 2. The lowest BCUT2D eigenvalue weighted by molar-refractivity contribution is 0.138. The van der Waals surface area contributed by atoms with Crippen LogP contribution < -0.4 is 10.1 Å². The quantitative estimate of drug-likeness (QED) is 0.912. The number of rotatable bonds is 3. The van der Waals surface area contributed by atoms with Crippen molar-refractivity contribution < 1.29 is 4.74 Å². The minimum Gasteiger partial charge on any atom is -0.488 e. The Morgan fingerprint density at radius 1 is 1.19 bits per heavy atom. The molecule has 0 saturated heterocycles. The minimum absolute atomic E-state index is 0.127. The van der Waals surface area contributed by atoms with E-state index in [0.717, 1.165) is 24.2 Å². The van der Waals surface area contributed by atoms with Crippen LogP contribution in [0, 0.1) is 6.92 Å². The zero-order valence-electron chi connectivity index (χ0n) is 12.4. The van der Waals surface area contributed by atoms with Crippen LogP contribution in [0.5, 0.6) is 5.75 Å². The van der Waals surface area contributed by atoms with Crippen molar-refractivity contribution in [1.82, 2.24) is 5.32 Å². The zero-order chi connectivity index (χ0) is 14.8. The number of nitrogens with one attached hydrogen (secondary N) is 1. The SMILES string of the molecule is CNC1c2ccccc2CCC1Oc1cc(Cl)ccc1C. The van der Waals surface area contributed by atoms with Crippen molar-refractivity contribution in [2.24, 2.45) is 0 Å². The van der Waals surface area contributed by atoms with Crippen molar-refractivity contribution in [2.75, 3.05) is 7.05 Å². The van der Waals surface area contributed by atoms with E-state index >= 15 is 0 Å². The standard InChI is InChI=1S/C18H20ClNO/c1-12-7-9-14(19)11-17(12)21-16-10-8-13-5-3-4-6-15(13)18(16)20-2/h3-7,9,11,16,18,20H,8,10H2,1-2H3. The second-order valence-electron chi connectivity index (χ2n) is 5.57. The molecule has 3 heteroatoms. The fourth-order valence-electron chi connectivity index (χ4n) is 3.06. The number of hydrogen-bond acceptors (Lipinski definition) is 2. The summed E-state index contributed by atoms with van der Waals surface area (Å²) in [6, 6.07) is 14.6. The predicted octanol–water partition coefficient (Wildman–Crippen LogP) is 4.30. The van der Waals surface area contributed by atoms with Crippen LogP contribution in [0.4, 0.5) is 0 Å². The predicted molar refractivity (Wildman–Crippen MR) is 87.2 cm³/mol. The lowest BCUT2D eigenvalue weighted by Gasteiger charge is -2.34. The van der Waals surface area contributed by atoms with E-state index in [0.29, 0.717) is 5.02 Å². The summed E-state index contributed by atoms with van der Waals surface area (Å²) >= 11 is 6.09. The first-order valence-corrected chi connectivity index (χ1v) is 7.74. The van der Waals surface area contributed by atoms with Gasteiger partial charge in [0.05, 0.1) is 6.04 Å². The third-order valence-electron chi connectivity index (χ3n) is 4.20. The average Bonchev–Trinajstić information content (AvgIpc) is 2.50. The van der Waals surface area contributed by atoms with Crippen molar-refractivity contribution in [3.63, 3.8) is 0 Å². The summed E-state index contributed by atoms with van der Waals surface area (Å²) < 4.78 is 6.28. The molecule has 0 amide bonds. The molecule has 0 aliphatic heterocycles. The highest BCUT2D eigenvalue weighted by Crippen LogP contribution is 2.34. The van der Waals surface area contributed by atoms with Crippen LogP contribution in [0.25, 0.3) is 0 Å². The molecule has 0 spiro atoms. The maximum atomic E-state index is 6.28. The average molecular weight is 302 g/mol. The van der Waals surface area contributed by atoms with E-state index in [4.69, 9.17) is 16.3 Å². The number of ether oxygens (including phenoxy) is 1. The summed E-state index contributed by atoms with van der Waals surface area (Å²) in [5, 5.41) is 4.12. The van der Waals surface area contributed by atoms with E-state index in [-0.39, 0.29) is 12.1 Å². The molecule has 0 bridgehead atoms. The molecule has 1 N–H and O–H groups in total. The van der Waals surface area contributed by atoms with E-state index < -0.39 is 0 Å². The van der Waals surface area contributed by atoms with Crippen LogP contribution >= 0.6 is 11.6 Å². The highest BCUT2D eigenvalue weighted by atomic mass is 35.5. The van der Waals surface area contributed by atoms with Gasteiger partial charge in [-0.15, -0.1) is 0 Å². The summed E-state index contributed by atoms with van der Waals surface area (Å²) in [6.07, 6.45) is 2.19. The Hall–Kier alpha value is -1.51. The lowest BCUT2D eigenvalue weighted by Crippen LogP contribution is -2.38. The molecule has 1 aliphatic rings. The molecular formula is C18H20ClNO. The van der Waals surface area contributed by atoms with Gasteiger partial charge < -0.3 is 10.1 Å². The van der Waals surface area contributed by atoms with E-state index in [1.54, 1.807) is 0 Å². The molecule has 2 aromatic carbocycles. The van der Waals surface area contributed by atoms with Gasteiger partial charge in [-0.3, -0.25) is 0 Å². The van der Waals surface area contributed by atoms with Crippen molar-refractivity contribution in [3.05, 3.63) is 64.2 Å². The monoisotopic (exact) mass is 301 g/mol. The Labute approximate surface area is 131 Å². The van der Waals surface area contributed by atoms with Gasteiger partial charge in [-0.2, -0.15) is 0 Å². The summed E-state index contributed by atoms with van der Waals surface area (Å²) in [7, 11) is 1.99. The molecule has 0 fully saturated rings. The van der Waals surface area contributed by atoms with Crippen molar-refractivity contribution in [3.8, 4) is 5.75 Å².